The molecule has 0 aromatic rings. The lowest BCUT2D eigenvalue weighted by molar-refractivity contribution is -0.143. The zero-order chi connectivity index (χ0) is 12.2. The molecule has 16 heavy (non-hydrogen) atoms. The fourth-order valence-corrected chi connectivity index (χ4v) is 4.75. The predicted molar refractivity (Wildman–Crippen MR) is 63.3 cm³/mol. The van der Waals surface area contributed by atoms with Crippen LogP contribution >= 0.6 is 0 Å². The summed E-state index contributed by atoms with van der Waals surface area (Å²) in [6.07, 6.45) is 3.83. The van der Waals surface area contributed by atoms with E-state index in [4.69, 9.17) is 0 Å². The lowest BCUT2D eigenvalue weighted by Crippen LogP contribution is -2.63. The molecule has 3 atom stereocenters. The van der Waals surface area contributed by atoms with E-state index in [0.29, 0.717) is 5.92 Å². The average molecular weight is 225 g/mol. The molecule has 2 fully saturated rings. The Kier molecular flexibility index (Phi) is 2.40. The fraction of sp³-hybridized carbons (Fsp3) is 0.923. The molecule has 2 N–H and O–H groups in total. The highest BCUT2D eigenvalue weighted by molar-refractivity contribution is 5.69. The maximum Gasteiger partial charge on any atom is 0.305 e. The molecule has 3 heteroatoms. The summed E-state index contributed by atoms with van der Waals surface area (Å²) < 4.78 is 0. The first-order chi connectivity index (χ1) is 7.29. The Hall–Kier alpha value is -0.570. The van der Waals surface area contributed by atoms with E-state index in [1.165, 1.54) is 12.8 Å². The monoisotopic (exact) mass is 225 g/mol. The van der Waals surface area contributed by atoms with Crippen LogP contribution in [0.1, 0.15) is 46.5 Å². The van der Waals surface area contributed by atoms with Crippen molar-refractivity contribution in [3.63, 3.8) is 0 Å². The Labute approximate surface area is 97.6 Å². The molecule has 0 aromatic heterocycles. The number of hydrogen-bond acceptors (Lipinski definition) is 2. The highest BCUT2D eigenvalue weighted by Gasteiger charge is 2.68. The highest BCUT2D eigenvalue weighted by atomic mass is 16.4. The van der Waals surface area contributed by atoms with E-state index in [1.807, 2.05) is 7.05 Å². The van der Waals surface area contributed by atoms with E-state index in [1.54, 1.807) is 0 Å². The summed E-state index contributed by atoms with van der Waals surface area (Å²) >= 11 is 0. The SMILES string of the molecule is CN[C@@]1(CC(=O)O)C(C)(C)[C@H]2CC[C@@]1(C)C2. The van der Waals surface area contributed by atoms with Gasteiger partial charge in [-0.3, -0.25) is 4.79 Å². The molecule has 2 aliphatic rings. The maximum atomic E-state index is 11.2. The van der Waals surface area contributed by atoms with Gasteiger partial charge in [0.2, 0.25) is 0 Å². The molecule has 3 nitrogen and oxygen atoms in total. The first-order valence-electron chi connectivity index (χ1n) is 6.20. The van der Waals surface area contributed by atoms with Gasteiger partial charge in [-0.1, -0.05) is 20.8 Å². The van der Waals surface area contributed by atoms with Crippen molar-refractivity contribution in [1.29, 1.82) is 0 Å². The predicted octanol–water partition coefficient (Wildman–Crippen LogP) is 2.27. The molecule has 0 radical (unpaired) electrons. The first kappa shape index (κ1) is 11.9. The molecule has 92 valence electrons. The Morgan fingerprint density at radius 3 is 2.44 bits per heavy atom. The van der Waals surface area contributed by atoms with Gasteiger partial charge in [0, 0.05) is 5.54 Å². The standard InChI is InChI=1S/C13H23NO2/c1-11(2)9-5-6-12(3,7-9)13(11,14-4)8-10(15)16/h9,14H,5-8H2,1-4H3,(H,15,16)/t9-,12-,13-/m0/s1. The van der Waals surface area contributed by atoms with Gasteiger partial charge in [0.25, 0.3) is 0 Å². The molecule has 0 spiro atoms. The van der Waals surface area contributed by atoms with Crippen LogP contribution in [0, 0.1) is 16.7 Å². The zero-order valence-corrected chi connectivity index (χ0v) is 10.8. The van der Waals surface area contributed by atoms with Crippen LogP contribution in [0.15, 0.2) is 0 Å². The van der Waals surface area contributed by atoms with Crippen LogP contribution in [0.4, 0.5) is 0 Å². The number of nitrogens with one attached hydrogen (secondary N) is 1. The molecule has 0 saturated heterocycles. The average Bonchev–Trinajstić information content (AvgIpc) is 2.62. The van der Waals surface area contributed by atoms with Crippen molar-refractivity contribution in [3.8, 4) is 0 Å². The van der Waals surface area contributed by atoms with Crippen molar-refractivity contribution in [2.75, 3.05) is 7.05 Å². The van der Waals surface area contributed by atoms with Crippen molar-refractivity contribution >= 4 is 5.97 Å². The van der Waals surface area contributed by atoms with Crippen molar-refractivity contribution < 1.29 is 9.90 Å². The van der Waals surface area contributed by atoms with Crippen molar-refractivity contribution in [3.05, 3.63) is 0 Å². The van der Waals surface area contributed by atoms with Crippen molar-refractivity contribution in [2.45, 2.75) is 52.0 Å². The number of fused-ring (bicyclic) bond motifs is 2. The van der Waals surface area contributed by atoms with E-state index in [2.05, 4.69) is 26.1 Å². The molecule has 0 amide bonds. The van der Waals surface area contributed by atoms with Crippen LogP contribution < -0.4 is 5.32 Å². The molecule has 2 bridgehead atoms. The third-order valence-corrected chi connectivity index (χ3v) is 5.74. The minimum absolute atomic E-state index is 0.0765. The molecule has 0 aromatic carbocycles. The number of aliphatic carboxylic acids is 1. The van der Waals surface area contributed by atoms with Crippen LogP contribution in [0.5, 0.6) is 0 Å². The second-order valence-electron chi connectivity index (χ2n) is 6.45. The van der Waals surface area contributed by atoms with Crippen LogP contribution in [0.2, 0.25) is 0 Å². The second kappa shape index (κ2) is 3.22. The number of carboxylic acids is 1. The highest BCUT2D eigenvalue weighted by Crippen LogP contribution is 2.68. The minimum atomic E-state index is -0.684. The van der Waals surface area contributed by atoms with Crippen molar-refractivity contribution in [1.82, 2.24) is 5.32 Å². The van der Waals surface area contributed by atoms with Crippen LogP contribution in [-0.2, 0) is 4.79 Å². The molecule has 0 unspecified atom stereocenters. The molecule has 2 rings (SSSR count). The third-order valence-electron chi connectivity index (χ3n) is 5.74. The maximum absolute atomic E-state index is 11.2. The topological polar surface area (TPSA) is 49.3 Å². The van der Waals surface area contributed by atoms with E-state index in [9.17, 15) is 9.90 Å². The Balaban J connectivity index is 2.46. The minimum Gasteiger partial charge on any atom is -0.481 e. The lowest BCUT2D eigenvalue weighted by atomic mass is 9.57. The van der Waals surface area contributed by atoms with Crippen LogP contribution in [0.3, 0.4) is 0 Å². The van der Waals surface area contributed by atoms with Gasteiger partial charge in [-0.25, -0.2) is 0 Å². The van der Waals surface area contributed by atoms with E-state index < -0.39 is 5.97 Å². The van der Waals surface area contributed by atoms with Gasteiger partial charge in [0.1, 0.15) is 0 Å². The van der Waals surface area contributed by atoms with Gasteiger partial charge >= 0.3 is 5.97 Å². The summed E-state index contributed by atoms with van der Waals surface area (Å²) in [6, 6.07) is 0. The number of carboxylic acid groups (broad SMARTS) is 1. The quantitative estimate of drug-likeness (QED) is 0.774. The van der Waals surface area contributed by atoms with Gasteiger partial charge < -0.3 is 10.4 Å². The molecule has 0 aliphatic heterocycles. The fourth-order valence-electron chi connectivity index (χ4n) is 4.75. The lowest BCUT2D eigenvalue weighted by Gasteiger charge is -2.54. The zero-order valence-electron chi connectivity index (χ0n) is 10.8. The number of carbonyl (C=O) groups is 1. The summed E-state index contributed by atoms with van der Waals surface area (Å²) in [4.78, 5) is 11.2. The Morgan fingerprint density at radius 2 is 2.06 bits per heavy atom. The Morgan fingerprint density at radius 1 is 1.44 bits per heavy atom. The first-order valence-corrected chi connectivity index (χ1v) is 6.20. The number of rotatable bonds is 3. The van der Waals surface area contributed by atoms with Gasteiger partial charge in [0.05, 0.1) is 6.42 Å². The summed E-state index contributed by atoms with van der Waals surface area (Å²) in [5.74, 6) is -0.0134. The van der Waals surface area contributed by atoms with Crippen molar-refractivity contribution in [2.24, 2.45) is 16.7 Å². The van der Waals surface area contributed by atoms with Gasteiger partial charge in [-0.2, -0.15) is 0 Å². The molecular weight excluding hydrogens is 202 g/mol. The van der Waals surface area contributed by atoms with E-state index >= 15 is 0 Å². The summed E-state index contributed by atoms with van der Waals surface area (Å²) in [7, 11) is 1.93. The van der Waals surface area contributed by atoms with Gasteiger partial charge in [-0.15, -0.1) is 0 Å². The summed E-state index contributed by atoms with van der Waals surface area (Å²) in [6.45, 7) is 6.74. The summed E-state index contributed by atoms with van der Waals surface area (Å²) in [5.41, 5.74) is -0.0177. The van der Waals surface area contributed by atoms with E-state index in [-0.39, 0.29) is 22.8 Å². The molecule has 2 aliphatic carbocycles. The van der Waals surface area contributed by atoms with Crippen LogP contribution in [0.25, 0.3) is 0 Å². The Bertz CT molecular complexity index is 319. The third kappa shape index (κ3) is 1.15. The van der Waals surface area contributed by atoms with Gasteiger partial charge in [0.15, 0.2) is 0 Å². The largest absolute Gasteiger partial charge is 0.481 e. The number of hydrogen-bond donors (Lipinski definition) is 2. The molecular formula is C13H23NO2. The smallest absolute Gasteiger partial charge is 0.305 e. The van der Waals surface area contributed by atoms with Crippen LogP contribution in [-0.4, -0.2) is 23.7 Å². The molecule has 2 saturated carbocycles. The molecule has 0 heterocycles. The normalized spacial score (nSPS) is 44.9. The summed E-state index contributed by atoms with van der Waals surface area (Å²) in [5, 5.41) is 12.6. The van der Waals surface area contributed by atoms with Gasteiger partial charge in [-0.05, 0) is 43.1 Å². The second-order valence-corrected chi connectivity index (χ2v) is 6.45. The van der Waals surface area contributed by atoms with E-state index in [0.717, 1.165) is 6.42 Å².